The van der Waals surface area contributed by atoms with Gasteiger partial charge in [0.2, 0.25) is 0 Å². The second kappa shape index (κ2) is 7.54. The number of nitrogens with zero attached hydrogens (tertiary/aromatic N) is 3. The van der Waals surface area contributed by atoms with Gasteiger partial charge in [0.25, 0.3) is 0 Å². The Hall–Kier alpha value is -0.910. The third-order valence-electron chi connectivity index (χ3n) is 5.20. The average molecular weight is 352 g/mol. The molecule has 6 heteroatoms. The Morgan fingerprint density at radius 2 is 1.96 bits per heavy atom. The summed E-state index contributed by atoms with van der Waals surface area (Å²) in [5, 5.41) is 0.565. The first-order valence-electron chi connectivity index (χ1n) is 9.30. The molecule has 2 saturated heterocycles. The van der Waals surface area contributed by atoms with Crippen LogP contribution >= 0.6 is 11.6 Å². The molecule has 1 unspecified atom stereocenters. The van der Waals surface area contributed by atoms with Gasteiger partial charge in [-0.1, -0.05) is 11.6 Å². The van der Waals surface area contributed by atoms with Gasteiger partial charge in [0.05, 0.1) is 18.8 Å². The zero-order valence-electron chi connectivity index (χ0n) is 14.1. The van der Waals surface area contributed by atoms with Crippen LogP contribution in [0.5, 0.6) is 0 Å². The maximum absolute atomic E-state index is 6.19. The molecule has 1 atom stereocenters. The molecule has 3 fully saturated rings. The van der Waals surface area contributed by atoms with Crippen LogP contribution in [0.15, 0.2) is 6.07 Å². The van der Waals surface area contributed by atoms with Crippen molar-refractivity contribution >= 4 is 17.4 Å². The van der Waals surface area contributed by atoms with Gasteiger partial charge in [-0.3, -0.25) is 0 Å². The van der Waals surface area contributed by atoms with Crippen molar-refractivity contribution in [3.63, 3.8) is 0 Å². The van der Waals surface area contributed by atoms with Crippen LogP contribution in [0, 0.1) is 0 Å². The lowest BCUT2D eigenvalue weighted by molar-refractivity contribution is -0.0672. The summed E-state index contributed by atoms with van der Waals surface area (Å²) in [6.45, 7) is 3.57. The smallest absolute Gasteiger partial charge is 0.135 e. The van der Waals surface area contributed by atoms with E-state index in [1.165, 1.54) is 25.7 Å². The van der Waals surface area contributed by atoms with E-state index in [9.17, 15) is 0 Å². The van der Waals surface area contributed by atoms with Gasteiger partial charge in [0, 0.05) is 31.7 Å². The Labute approximate surface area is 148 Å². The minimum atomic E-state index is 0.304. The van der Waals surface area contributed by atoms with Crippen LogP contribution in [0.2, 0.25) is 5.15 Å². The van der Waals surface area contributed by atoms with Crippen molar-refractivity contribution in [2.75, 3.05) is 31.2 Å². The van der Waals surface area contributed by atoms with Crippen LogP contribution in [0.3, 0.4) is 0 Å². The molecule has 1 aromatic rings. The fraction of sp³-hybridized carbons (Fsp3) is 0.778. The fourth-order valence-corrected chi connectivity index (χ4v) is 3.73. The molecule has 24 heavy (non-hydrogen) atoms. The van der Waals surface area contributed by atoms with Gasteiger partial charge in [-0.05, 0) is 44.9 Å². The summed E-state index contributed by atoms with van der Waals surface area (Å²) in [7, 11) is 0. The summed E-state index contributed by atoms with van der Waals surface area (Å²) < 4.78 is 11.8. The second-order valence-electron chi connectivity index (χ2n) is 7.19. The SMILES string of the molecule is Clc1cc(N2CCC(OCC3CCCCO3)CC2)nc(C2CC2)n1. The third-order valence-corrected chi connectivity index (χ3v) is 5.39. The summed E-state index contributed by atoms with van der Waals surface area (Å²) in [5.74, 6) is 2.43. The van der Waals surface area contributed by atoms with Crippen molar-refractivity contribution in [2.24, 2.45) is 0 Å². The highest BCUT2D eigenvalue weighted by Gasteiger charge is 2.29. The van der Waals surface area contributed by atoms with Gasteiger partial charge in [-0.15, -0.1) is 0 Å². The normalized spacial score (nSPS) is 25.9. The van der Waals surface area contributed by atoms with Gasteiger partial charge < -0.3 is 14.4 Å². The van der Waals surface area contributed by atoms with Crippen molar-refractivity contribution in [2.45, 2.75) is 63.1 Å². The molecule has 132 valence electrons. The number of halogens is 1. The first-order valence-corrected chi connectivity index (χ1v) is 9.68. The first kappa shape index (κ1) is 16.6. The van der Waals surface area contributed by atoms with Crippen molar-refractivity contribution in [1.29, 1.82) is 0 Å². The van der Waals surface area contributed by atoms with Gasteiger partial charge >= 0.3 is 0 Å². The quantitative estimate of drug-likeness (QED) is 0.759. The van der Waals surface area contributed by atoms with Crippen LogP contribution in [0.25, 0.3) is 0 Å². The summed E-state index contributed by atoms with van der Waals surface area (Å²) in [4.78, 5) is 11.4. The Bertz CT molecular complexity index is 553. The molecule has 3 heterocycles. The maximum Gasteiger partial charge on any atom is 0.135 e. The predicted octanol–water partition coefficient (Wildman–Crippen LogP) is 3.56. The molecule has 1 aliphatic carbocycles. The minimum absolute atomic E-state index is 0.304. The molecule has 0 amide bonds. The van der Waals surface area contributed by atoms with E-state index in [1.54, 1.807) is 0 Å². The molecule has 0 spiro atoms. The number of anilines is 1. The molecule has 1 saturated carbocycles. The zero-order chi connectivity index (χ0) is 16.4. The Kier molecular flexibility index (Phi) is 5.20. The second-order valence-corrected chi connectivity index (χ2v) is 7.58. The van der Waals surface area contributed by atoms with E-state index in [-0.39, 0.29) is 0 Å². The molecule has 4 rings (SSSR count). The van der Waals surface area contributed by atoms with E-state index in [0.717, 1.165) is 57.2 Å². The van der Waals surface area contributed by atoms with Gasteiger partial charge in [0.15, 0.2) is 0 Å². The maximum atomic E-state index is 6.19. The summed E-state index contributed by atoms with van der Waals surface area (Å²) in [6, 6.07) is 1.89. The van der Waals surface area contributed by atoms with Crippen molar-refractivity contribution in [3.05, 3.63) is 17.0 Å². The van der Waals surface area contributed by atoms with Crippen LogP contribution in [-0.4, -0.2) is 48.5 Å². The molecule has 0 aromatic carbocycles. The van der Waals surface area contributed by atoms with E-state index in [0.29, 0.717) is 23.3 Å². The predicted molar refractivity (Wildman–Crippen MR) is 93.8 cm³/mol. The lowest BCUT2D eigenvalue weighted by Crippen LogP contribution is -2.39. The van der Waals surface area contributed by atoms with Gasteiger partial charge in [-0.25, -0.2) is 9.97 Å². The molecular formula is C18H26ClN3O2. The van der Waals surface area contributed by atoms with Crippen molar-refractivity contribution in [1.82, 2.24) is 9.97 Å². The minimum Gasteiger partial charge on any atom is -0.376 e. The van der Waals surface area contributed by atoms with Crippen molar-refractivity contribution in [3.8, 4) is 0 Å². The number of hydrogen-bond acceptors (Lipinski definition) is 5. The fourth-order valence-electron chi connectivity index (χ4n) is 3.54. The molecule has 3 aliphatic rings. The lowest BCUT2D eigenvalue weighted by Gasteiger charge is -2.34. The summed E-state index contributed by atoms with van der Waals surface area (Å²) in [6.07, 6.45) is 8.70. The van der Waals surface area contributed by atoms with E-state index < -0.39 is 0 Å². The Morgan fingerprint density at radius 3 is 2.67 bits per heavy atom. The molecule has 0 N–H and O–H groups in total. The number of piperidine rings is 1. The number of rotatable bonds is 5. The molecule has 0 radical (unpaired) electrons. The van der Waals surface area contributed by atoms with E-state index >= 15 is 0 Å². The molecule has 5 nitrogen and oxygen atoms in total. The van der Waals surface area contributed by atoms with E-state index in [4.69, 9.17) is 26.1 Å². The van der Waals surface area contributed by atoms with Crippen LogP contribution < -0.4 is 4.90 Å². The lowest BCUT2D eigenvalue weighted by atomic mass is 10.1. The Balaban J connectivity index is 1.28. The highest BCUT2D eigenvalue weighted by Crippen LogP contribution is 2.39. The average Bonchev–Trinajstić information content (AvgIpc) is 3.46. The molecule has 1 aromatic heterocycles. The standard InChI is InChI=1S/C18H26ClN3O2/c19-16-11-17(21-18(20-16)13-4-5-13)22-8-6-14(7-9-22)24-12-15-3-1-2-10-23-15/h11,13-15H,1-10,12H2. The highest BCUT2D eigenvalue weighted by molar-refractivity contribution is 6.29. The molecular weight excluding hydrogens is 326 g/mol. The van der Waals surface area contributed by atoms with Gasteiger partial charge in [-0.2, -0.15) is 0 Å². The number of hydrogen-bond donors (Lipinski definition) is 0. The monoisotopic (exact) mass is 351 g/mol. The van der Waals surface area contributed by atoms with Crippen molar-refractivity contribution < 1.29 is 9.47 Å². The first-order chi connectivity index (χ1) is 11.8. The molecule has 2 aliphatic heterocycles. The zero-order valence-corrected chi connectivity index (χ0v) is 14.9. The van der Waals surface area contributed by atoms with Crippen LogP contribution in [0.1, 0.15) is 56.7 Å². The van der Waals surface area contributed by atoms with E-state index in [2.05, 4.69) is 9.88 Å². The number of ether oxygens (including phenoxy) is 2. The summed E-state index contributed by atoms with van der Waals surface area (Å²) >= 11 is 6.19. The number of aromatic nitrogens is 2. The highest BCUT2D eigenvalue weighted by atomic mass is 35.5. The molecule has 0 bridgehead atoms. The van der Waals surface area contributed by atoms with Gasteiger partial charge in [0.1, 0.15) is 16.8 Å². The van der Waals surface area contributed by atoms with Crippen LogP contribution in [-0.2, 0) is 9.47 Å². The topological polar surface area (TPSA) is 47.5 Å². The van der Waals surface area contributed by atoms with Crippen LogP contribution in [0.4, 0.5) is 5.82 Å². The third kappa shape index (κ3) is 4.19. The largest absolute Gasteiger partial charge is 0.376 e. The summed E-state index contributed by atoms with van der Waals surface area (Å²) in [5.41, 5.74) is 0. The Morgan fingerprint density at radius 1 is 1.12 bits per heavy atom. The van der Waals surface area contributed by atoms with E-state index in [1.807, 2.05) is 6.07 Å².